The van der Waals surface area contributed by atoms with E-state index in [1.807, 2.05) is 0 Å². The summed E-state index contributed by atoms with van der Waals surface area (Å²) in [6, 6.07) is 3.03. The van der Waals surface area contributed by atoms with Crippen LogP contribution in [0.2, 0.25) is 0 Å². The van der Waals surface area contributed by atoms with Gasteiger partial charge in [0.05, 0.1) is 21.4 Å². The molecule has 0 aliphatic heterocycles. The molecule has 0 N–H and O–H groups in total. The van der Waals surface area contributed by atoms with Gasteiger partial charge in [-0.2, -0.15) is 9.78 Å². The van der Waals surface area contributed by atoms with Gasteiger partial charge in [-0.1, -0.05) is 11.3 Å². The molecular formula is C15H12N4O3S2. The summed E-state index contributed by atoms with van der Waals surface area (Å²) in [5.74, 6) is 0. The maximum atomic E-state index is 12.7. The molecule has 7 nitrogen and oxygen atoms in total. The average Bonchev–Trinajstić information content (AvgIpc) is 3.19. The fraction of sp³-hybridized carbons (Fsp3) is 0.267. The lowest BCUT2D eigenvalue weighted by molar-refractivity contribution is -0.380. The molecule has 0 aromatic carbocycles. The van der Waals surface area contributed by atoms with E-state index >= 15 is 0 Å². The summed E-state index contributed by atoms with van der Waals surface area (Å²) in [6.07, 6.45) is 7.03. The predicted octanol–water partition coefficient (Wildman–Crippen LogP) is 3.19. The van der Waals surface area contributed by atoms with E-state index < -0.39 is 4.92 Å². The number of thiophene rings is 2. The summed E-state index contributed by atoms with van der Waals surface area (Å²) in [7, 11) is 0. The van der Waals surface area contributed by atoms with Crippen molar-refractivity contribution in [1.82, 2.24) is 9.66 Å². The van der Waals surface area contributed by atoms with E-state index in [2.05, 4.69) is 10.1 Å². The Hall–Kier alpha value is -2.39. The van der Waals surface area contributed by atoms with Crippen molar-refractivity contribution in [2.45, 2.75) is 25.7 Å². The van der Waals surface area contributed by atoms with E-state index in [0.29, 0.717) is 10.3 Å². The van der Waals surface area contributed by atoms with Gasteiger partial charge < -0.3 is 0 Å². The molecule has 3 aromatic heterocycles. The van der Waals surface area contributed by atoms with Crippen molar-refractivity contribution in [1.29, 1.82) is 0 Å². The molecule has 4 rings (SSSR count). The van der Waals surface area contributed by atoms with Gasteiger partial charge in [0.2, 0.25) is 0 Å². The minimum atomic E-state index is -0.445. The van der Waals surface area contributed by atoms with Crippen molar-refractivity contribution < 1.29 is 4.92 Å². The highest BCUT2D eigenvalue weighted by molar-refractivity contribution is 7.18. The topological polar surface area (TPSA) is 90.4 Å². The van der Waals surface area contributed by atoms with Crippen LogP contribution >= 0.6 is 22.7 Å². The van der Waals surface area contributed by atoms with E-state index in [0.717, 1.165) is 47.4 Å². The Labute approximate surface area is 144 Å². The highest BCUT2D eigenvalue weighted by Crippen LogP contribution is 2.33. The Morgan fingerprint density at radius 3 is 2.92 bits per heavy atom. The lowest BCUT2D eigenvalue weighted by Crippen LogP contribution is -2.17. The van der Waals surface area contributed by atoms with Gasteiger partial charge in [0.1, 0.15) is 11.2 Å². The van der Waals surface area contributed by atoms with Gasteiger partial charge in [0.25, 0.3) is 5.56 Å². The van der Waals surface area contributed by atoms with E-state index in [-0.39, 0.29) is 10.6 Å². The molecule has 0 amide bonds. The standard InChI is InChI=1S/C15H12N4O3S2/c20-15-13-10-3-1-2-4-11(10)24-14(13)16-8-18(15)17-7-9-5-6-12(23-9)19(21)22/h5-8H,1-4H2. The maximum absolute atomic E-state index is 12.7. The van der Waals surface area contributed by atoms with E-state index in [4.69, 9.17) is 0 Å². The molecule has 1 aliphatic rings. The van der Waals surface area contributed by atoms with Crippen molar-refractivity contribution >= 4 is 44.1 Å². The van der Waals surface area contributed by atoms with Crippen LogP contribution < -0.4 is 5.56 Å². The van der Waals surface area contributed by atoms with Crippen molar-refractivity contribution in [3.63, 3.8) is 0 Å². The first-order valence-corrected chi connectivity index (χ1v) is 9.07. The van der Waals surface area contributed by atoms with Crippen LogP contribution in [0.15, 0.2) is 28.4 Å². The van der Waals surface area contributed by atoms with Gasteiger partial charge in [-0.05, 0) is 37.3 Å². The normalized spacial score (nSPS) is 14.3. The lowest BCUT2D eigenvalue weighted by Gasteiger charge is -2.09. The molecule has 0 radical (unpaired) electrons. The minimum Gasteiger partial charge on any atom is -0.267 e. The van der Waals surface area contributed by atoms with E-state index in [1.165, 1.54) is 28.2 Å². The van der Waals surface area contributed by atoms with Crippen molar-refractivity contribution in [2.75, 3.05) is 0 Å². The van der Waals surface area contributed by atoms with Crippen LogP contribution in [0.5, 0.6) is 0 Å². The Bertz CT molecular complexity index is 1030. The van der Waals surface area contributed by atoms with Gasteiger partial charge >= 0.3 is 5.00 Å². The maximum Gasteiger partial charge on any atom is 0.324 e. The van der Waals surface area contributed by atoms with E-state index in [9.17, 15) is 14.9 Å². The lowest BCUT2D eigenvalue weighted by atomic mass is 9.97. The van der Waals surface area contributed by atoms with Crippen LogP contribution in [0.25, 0.3) is 10.2 Å². The fourth-order valence-electron chi connectivity index (χ4n) is 2.85. The first kappa shape index (κ1) is 15.2. The monoisotopic (exact) mass is 360 g/mol. The Morgan fingerprint density at radius 1 is 1.29 bits per heavy atom. The second-order valence-corrected chi connectivity index (χ2v) is 7.64. The number of rotatable bonds is 3. The van der Waals surface area contributed by atoms with Gasteiger partial charge in [0.15, 0.2) is 0 Å². The van der Waals surface area contributed by atoms with Crippen molar-refractivity contribution in [3.8, 4) is 0 Å². The second-order valence-electron chi connectivity index (χ2n) is 5.46. The molecule has 0 fully saturated rings. The number of nitro groups is 1. The molecule has 3 aromatic rings. The van der Waals surface area contributed by atoms with Gasteiger partial charge in [-0.25, -0.2) is 4.98 Å². The third-order valence-corrected chi connectivity index (χ3v) is 6.13. The predicted molar refractivity (Wildman–Crippen MR) is 94.5 cm³/mol. The smallest absolute Gasteiger partial charge is 0.267 e. The zero-order valence-electron chi connectivity index (χ0n) is 12.5. The number of aromatic nitrogens is 2. The summed E-state index contributed by atoms with van der Waals surface area (Å²) < 4.78 is 1.20. The molecule has 0 bridgehead atoms. The molecule has 122 valence electrons. The molecule has 0 saturated carbocycles. The van der Waals surface area contributed by atoms with Crippen LogP contribution in [-0.2, 0) is 12.8 Å². The zero-order chi connectivity index (χ0) is 16.7. The van der Waals surface area contributed by atoms with Gasteiger partial charge in [-0.3, -0.25) is 14.9 Å². The summed E-state index contributed by atoms with van der Waals surface area (Å²) in [6.45, 7) is 0. The molecule has 24 heavy (non-hydrogen) atoms. The first-order chi connectivity index (χ1) is 11.6. The molecule has 3 heterocycles. The molecule has 0 spiro atoms. The van der Waals surface area contributed by atoms with Crippen LogP contribution in [0.1, 0.15) is 28.2 Å². The largest absolute Gasteiger partial charge is 0.324 e. The Kier molecular flexibility index (Phi) is 3.73. The highest BCUT2D eigenvalue weighted by Gasteiger charge is 2.19. The number of fused-ring (bicyclic) bond motifs is 3. The molecule has 9 heteroatoms. The van der Waals surface area contributed by atoms with Crippen molar-refractivity contribution in [3.05, 3.63) is 54.2 Å². The zero-order valence-corrected chi connectivity index (χ0v) is 14.1. The first-order valence-electron chi connectivity index (χ1n) is 7.44. The minimum absolute atomic E-state index is 0.0456. The molecule has 0 saturated heterocycles. The molecule has 0 atom stereocenters. The average molecular weight is 360 g/mol. The SMILES string of the molecule is O=c1c2c3c(sc2ncn1N=Cc1ccc([N+](=O)[O-])s1)CCCC3. The third kappa shape index (κ3) is 2.55. The van der Waals surface area contributed by atoms with E-state index in [1.54, 1.807) is 17.4 Å². The fourth-order valence-corrected chi connectivity index (χ4v) is 4.76. The summed E-state index contributed by atoms with van der Waals surface area (Å²) in [4.78, 5) is 30.0. The van der Waals surface area contributed by atoms with Gasteiger partial charge in [-0.15, -0.1) is 11.3 Å². The Morgan fingerprint density at radius 2 is 2.12 bits per heavy atom. The van der Waals surface area contributed by atoms with Gasteiger partial charge in [0, 0.05) is 10.9 Å². The summed E-state index contributed by atoms with van der Waals surface area (Å²) in [5, 5.41) is 15.6. The van der Waals surface area contributed by atoms with Crippen LogP contribution in [-0.4, -0.2) is 20.8 Å². The van der Waals surface area contributed by atoms with Crippen LogP contribution in [0, 0.1) is 10.1 Å². The summed E-state index contributed by atoms with van der Waals surface area (Å²) in [5.41, 5.74) is 0.941. The van der Waals surface area contributed by atoms with Crippen LogP contribution in [0.3, 0.4) is 0 Å². The highest BCUT2D eigenvalue weighted by atomic mass is 32.1. The number of nitrogens with zero attached hydrogens (tertiary/aromatic N) is 4. The van der Waals surface area contributed by atoms with Crippen LogP contribution in [0.4, 0.5) is 5.00 Å². The second kappa shape index (κ2) is 5.91. The number of aryl methyl sites for hydroxylation is 2. The van der Waals surface area contributed by atoms with Crippen molar-refractivity contribution in [2.24, 2.45) is 5.10 Å². The molecule has 1 aliphatic carbocycles. The Balaban J connectivity index is 1.74. The molecule has 0 unspecified atom stereocenters. The molecular weight excluding hydrogens is 348 g/mol. The number of hydrogen-bond donors (Lipinski definition) is 0. The summed E-state index contributed by atoms with van der Waals surface area (Å²) >= 11 is 2.61. The quantitative estimate of drug-likeness (QED) is 0.407. The number of hydrogen-bond acceptors (Lipinski definition) is 7. The third-order valence-electron chi connectivity index (χ3n) is 3.96.